The number of phenols is 1. The van der Waals surface area contributed by atoms with Gasteiger partial charge in [0.05, 0.1) is 5.56 Å². The number of benzene rings is 1. The number of phenolic OH excluding ortho intramolecular Hbond substituents is 1. The van der Waals surface area contributed by atoms with Crippen LogP contribution in [0.3, 0.4) is 0 Å². The highest BCUT2D eigenvalue weighted by atomic mass is 16.4. The van der Waals surface area contributed by atoms with Crippen LogP contribution in [-0.4, -0.2) is 27.3 Å². The maximum Gasteiger partial charge on any atom is 0.335 e. The standard InChI is InChI=1S/C14H28O2.C10H12O3/c1-2-3-4-5-6-7-8-9-10-11-12-13-14(15)16;1-2-3-7-6-8(10(12)13)4-5-9(7)11/h2-13H2,1H3,(H,15,16);4-6,11H,2-3H2,1H3,(H,12,13). The van der Waals surface area contributed by atoms with Gasteiger partial charge in [-0.1, -0.05) is 84.5 Å². The van der Waals surface area contributed by atoms with E-state index in [1.807, 2.05) is 6.92 Å². The number of carbonyl (C=O) groups is 2. The monoisotopic (exact) mass is 408 g/mol. The first kappa shape index (κ1) is 27.0. The van der Waals surface area contributed by atoms with Crippen molar-refractivity contribution >= 4 is 11.9 Å². The third kappa shape index (κ3) is 15.5. The molecule has 0 saturated carbocycles. The zero-order valence-corrected chi connectivity index (χ0v) is 18.3. The van der Waals surface area contributed by atoms with Crippen LogP contribution in [0.2, 0.25) is 0 Å². The van der Waals surface area contributed by atoms with E-state index in [2.05, 4.69) is 6.92 Å². The molecule has 0 atom stereocenters. The molecule has 0 fully saturated rings. The fourth-order valence-electron chi connectivity index (χ4n) is 3.13. The fraction of sp³-hybridized carbons (Fsp3) is 0.667. The maximum absolute atomic E-state index is 10.6. The molecule has 0 spiro atoms. The molecule has 0 aromatic heterocycles. The van der Waals surface area contributed by atoms with E-state index in [1.165, 1.54) is 76.0 Å². The molecule has 1 aromatic carbocycles. The Kier molecular flexibility index (Phi) is 16.8. The van der Waals surface area contributed by atoms with Crippen molar-refractivity contribution < 1.29 is 24.9 Å². The third-order valence-corrected chi connectivity index (χ3v) is 4.84. The van der Waals surface area contributed by atoms with Crippen molar-refractivity contribution in [3.05, 3.63) is 29.3 Å². The van der Waals surface area contributed by atoms with Crippen molar-refractivity contribution in [2.75, 3.05) is 0 Å². The number of aromatic carboxylic acids is 1. The largest absolute Gasteiger partial charge is 0.508 e. The molecule has 0 aliphatic heterocycles. The highest BCUT2D eigenvalue weighted by Crippen LogP contribution is 2.20. The molecule has 0 bridgehead atoms. The van der Waals surface area contributed by atoms with Crippen molar-refractivity contribution in [2.24, 2.45) is 0 Å². The molecule has 1 rings (SSSR count). The zero-order valence-electron chi connectivity index (χ0n) is 18.3. The molecule has 0 unspecified atom stereocenters. The minimum Gasteiger partial charge on any atom is -0.508 e. The van der Waals surface area contributed by atoms with Crippen LogP contribution in [0.4, 0.5) is 0 Å². The summed E-state index contributed by atoms with van der Waals surface area (Å²) in [6, 6.07) is 4.34. The summed E-state index contributed by atoms with van der Waals surface area (Å²) < 4.78 is 0. The first-order valence-corrected chi connectivity index (χ1v) is 11.2. The predicted molar refractivity (Wildman–Crippen MR) is 118 cm³/mol. The van der Waals surface area contributed by atoms with Gasteiger partial charge in [0.2, 0.25) is 0 Å². The molecule has 1 aromatic rings. The summed E-state index contributed by atoms with van der Waals surface area (Å²) in [6.45, 7) is 4.23. The SMILES string of the molecule is CCCCCCCCCCCCCC(=O)O.CCCc1cc(C(=O)O)ccc1O. The minimum absolute atomic E-state index is 0.173. The van der Waals surface area contributed by atoms with Crippen molar-refractivity contribution in [1.29, 1.82) is 0 Å². The molecule has 0 radical (unpaired) electrons. The van der Waals surface area contributed by atoms with Crippen molar-refractivity contribution in [2.45, 2.75) is 104 Å². The third-order valence-electron chi connectivity index (χ3n) is 4.84. The van der Waals surface area contributed by atoms with E-state index >= 15 is 0 Å². The Morgan fingerprint density at radius 1 is 0.759 bits per heavy atom. The number of rotatable bonds is 15. The van der Waals surface area contributed by atoms with Gasteiger partial charge >= 0.3 is 11.9 Å². The Labute approximate surface area is 176 Å². The lowest BCUT2D eigenvalue weighted by molar-refractivity contribution is -0.137. The number of aryl methyl sites for hydroxylation is 1. The summed E-state index contributed by atoms with van der Waals surface area (Å²) in [7, 11) is 0. The number of carboxylic acid groups (broad SMARTS) is 2. The second-order valence-corrected chi connectivity index (χ2v) is 7.58. The Morgan fingerprint density at radius 3 is 1.72 bits per heavy atom. The number of hydrogen-bond acceptors (Lipinski definition) is 3. The van der Waals surface area contributed by atoms with Crippen molar-refractivity contribution in [1.82, 2.24) is 0 Å². The van der Waals surface area contributed by atoms with Gasteiger partial charge in [-0.25, -0.2) is 4.79 Å². The van der Waals surface area contributed by atoms with Gasteiger partial charge < -0.3 is 15.3 Å². The topological polar surface area (TPSA) is 94.8 Å². The molecule has 0 heterocycles. The molecule has 0 aliphatic rings. The first-order chi connectivity index (χ1) is 13.9. The van der Waals surface area contributed by atoms with Gasteiger partial charge in [0, 0.05) is 6.42 Å². The molecule has 5 nitrogen and oxygen atoms in total. The smallest absolute Gasteiger partial charge is 0.335 e. The summed E-state index contributed by atoms with van der Waals surface area (Å²) in [5.74, 6) is -1.44. The van der Waals surface area contributed by atoms with Gasteiger partial charge in [0.1, 0.15) is 5.75 Å². The van der Waals surface area contributed by atoms with Gasteiger partial charge in [0.15, 0.2) is 0 Å². The molecule has 166 valence electrons. The number of aliphatic carboxylic acids is 1. The zero-order chi connectivity index (χ0) is 21.9. The molecule has 5 heteroatoms. The quantitative estimate of drug-likeness (QED) is 0.277. The van der Waals surface area contributed by atoms with Gasteiger partial charge in [-0.05, 0) is 36.6 Å². The molecular weight excluding hydrogens is 368 g/mol. The lowest BCUT2D eigenvalue weighted by Crippen LogP contribution is -1.97. The van der Waals surface area contributed by atoms with E-state index in [9.17, 15) is 14.7 Å². The van der Waals surface area contributed by atoms with Crippen molar-refractivity contribution in [3.63, 3.8) is 0 Å². The Morgan fingerprint density at radius 2 is 1.28 bits per heavy atom. The summed E-state index contributed by atoms with van der Waals surface area (Å²) in [5, 5.41) is 26.5. The van der Waals surface area contributed by atoms with Crippen LogP contribution >= 0.6 is 0 Å². The first-order valence-electron chi connectivity index (χ1n) is 11.2. The number of unbranched alkanes of at least 4 members (excludes halogenated alkanes) is 10. The summed E-state index contributed by atoms with van der Waals surface area (Å²) in [4.78, 5) is 20.8. The van der Waals surface area contributed by atoms with Gasteiger partial charge in [-0.2, -0.15) is 0 Å². The van der Waals surface area contributed by atoms with Crippen LogP contribution in [-0.2, 0) is 11.2 Å². The Balaban J connectivity index is 0.000000551. The summed E-state index contributed by atoms with van der Waals surface area (Å²) in [5.41, 5.74) is 0.920. The highest BCUT2D eigenvalue weighted by Gasteiger charge is 2.06. The number of aromatic hydroxyl groups is 1. The van der Waals surface area contributed by atoms with E-state index in [0.29, 0.717) is 18.4 Å². The van der Waals surface area contributed by atoms with Crippen LogP contribution in [0.1, 0.15) is 113 Å². The van der Waals surface area contributed by atoms with Crippen LogP contribution in [0.5, 0.6) is 5.75 Å². The van der Waals surface area contributed by atoms with Crippen molar-refractivity contribution in [3.8, 4) is 5.75 Å². The second-order valence-electron chi connectivity index (χ2n) is 7.58. The Hall–Kier alpha value is -2.04. The molecule has 0 saturated heterocycles. The van der Waals surface area contributed by atoms with E-state index in [-0.39, 0.29) is 11.3 Å². The van der Waals surface area contributed by atoms with E-state index < -0.39 is 11.9 Å². The lowest BCUT2D eigenvalue weighted by atomic mass is 10.1. The normalized spacial score (nSPS) is 10.3. The van der Waals surface area contributed by atoms with Gasteiger partial charge in [-0.15, -0.1) is 0 Å². The minimum atomic E-state index is -0.961. The fourth-order valence-corrected chi connectivity index (χ4v) is 3.13. The Bertz CT molecular complexity index is 568. The maximum atomic E-state index is 10.6. The average molecular weight is 409 g/mol. The van der Waals surface area contributed by atoms with Crippen LogP contribution in [0.25, 0.3) is 0 Å². The van der Waals surface area contributed by atoms with E-state index in [0.717, 1.165) is 19.3 Å². The molecule has 3 N–H and O–H groups in total. The molecule has 29 heavy (non-hydrogen) atoms. The van der Waals surface area contributed by atoms with Gasteiger partial charge in [-0.3, -0.25) is 4.79 Å². The lowest BCUT2D eigenvalue weighted by Gasteiger charge is -2.03. The van der Waals surface area contributed by atoms with Crippen LogP contribution in [0, 0.1) is 0 Å². The van der Waals surface area contributed by atoms with Crippen LogP contribution < -0.4 is 0 Å². The second kappa shape index (κ2) is 18.0. The molecular formula is C24H40O5. The summed E-state index contributed by atoms with van der Waals surface area (Å²) >= 11 is 0. The van der Waals surface area contributed by atoms with E-state index in [1.54, 1.807) is 0 Å². The highest BCUT2D eigenvalue weighted by molar-refractivity contribution is 5.88. The average Bonchev–Trinajstić information content (AvgIpc) is 2.68. The van der Waals surface area contributed by atoms with Crippen LogP contribution in [0.15, 0.2) is 18.2 Å². The predicted octanol–water partition coefficient (Wildman–Crippen LogP) is 6.82. The number of hydrogen-bond donors (Lipinski definition) is 3. The molecule has 0 aliphatic carbocycles. The number of carboxylic acids is 2. The molecule has 0 amide bonds. The van der Waals surface area contributed by atoms with Gasteiger partial charge in [0.25, 0.3) is 0 Å². The van der Waals surface area contributed by atoms with E-state index in [4.69, 9.17) is 10.2 Å². The summed E-state index contributed by atoms with van der Waals surface area (Å²) in [6.07, 6.45) is 15.9.